The van der Waals surface area contributed by atoms with Gasteiger partial charge in [-0.1, -0.05) is 0 Å². The molecule has 0 aromatic heterocycles. The van der Waals surface area contributed by atoms with E-state index < -0.39 is 14.6 Å². The molecule has 1 fully saturated rings. The molecule has 0 unspecified atom stereocenters. The van der Waals surface area contributed by atoms with Crippen LogP contribution >= 0.6 is 0 Å². The average molecular weight is 290 g/mol. The Hall–Kier alpha value is -0.620. The van der Waals surface area contributed by atoms with Crippen LogP contribution in [0.5, 0.6) is 0 Å². The van der Waals surface area contributed by atoms with E-state index >= 15 is 0 Å². The number of carbonyl (C=O) groups is 1. The van der Waals surface area contributed by atoms with Gasteiger partial charge < -0.3 is 10.2 Å². The third-order valence-electron chi connectivity index (χ3n) is 4.12. The summed E-state index contributed by atoms with van der Waals surface area (Å²) in [5.41, 5.74) is 0. The third kappa shape index (κ3) is 4.18. The van der Waals surface area contributed by atoms with Crippen molar-refractivity contribution in [2.45, 2.75) is 37.9 Å². The molecule has 1 heterocycles. The lowest BCUT2D eigenvalue weighted by Crippen LogP contribution is -2.48. The zero-order valence-corrected chi connectivity index (χ0v) is 13.2. The monoisotopic (exact) mass is 290 g/mol. The van der Waals surface area contributed by atoms with E-state index in [-0.39, 0.29) is 5.91 Å². The van der Waals surface area contributed by atoms with Crippen LogP contribution in [0.15, 0.2) is 0 Å². The van der Waals surface area contributed by atoms with E-state index in [2.05, 4.69) is 5.32 Å². The van der Waals surface area contributed by atoms with E-state index in [1.807, 2.05) is 0 Å². The molecule has 0 radical (unpaired) electrons. The number of carbonyl (C=O) groups excluding carboxylic acids is 1. The molecule has 5 nitrogen and oxygen atoms in total. The molecule has 0 aromatic rings. The van der Waals surface area contributed by atoms with Gasteiger partial charge in [0.1, 0.15) is 4.75 Å². The van der Waals surface area contributed by atoms with Gasteiger partial charge in [-0.25, -0.2) is 8.42 Å². The van der Waals surface area contributed by atoms with Crippen molar-refractivity contribution in [2.75, 3.05) is 32.9 Å². The Morgan fingerprint density at radius 2 is 1.84 bits per heavy atom. The zero-order valence-electron chi connectivity index (χ0n) is 12.4. The Balaban J connectivity index is 2.53. The van der Waals surface area contributed by atoms with Gasteiger partial charge in [-0.15, -0.1) is 0 Å². The van der Waals surface area contributed by atoms with Gasteiger partial charge in [0.05, 0.1) is 0 Å². The van der Waals surface area contributed by atoms with Crippen LogP contribution in [0.4, 0.5) is 0 Å². The second kappa shape index (κ2) is 6.22. The smallest absolute Gasteiger partial charge is 0.243 e. The average Bonchev–Trinajstić information content (AvgIpc) is 2.34. The molecule has 1 N–H and O–H groups in total. The number of rotatable bonds is 5. The predicted octanol–water partition coefficient (Wildman–Crippen LogP) is 0.658. The molecule has 0 bridgehead atoms. The standard InChI is InChI=1S/C13H26N2O3S/c1-13(2,19(4,17)18)12(16)15(3)10-7-11-5-8-14-9-6-11/h11,14H,5-10H2,1-4H3. The summed E-state index contributed by atoms with van der Waals surface area (Å²) in [6.07, 6.45) is 4.34. The fourth-order valence-corrected chi connectivity index (χ4v) is 2.74. The van der Waals surface area contributed by atoms with Crippen LogP contribution in [0.3, 0.4) is 0 Å². The highest BCUT2D eigenvalue weighted by Crippen LogP contribution is 2.20. The Labute approximate surface area is 116 Å². The van der Waals surface area contributed by atoms with Crippen molar-refractivity contribution in [3.05, 3.63) is 0 Å². The summed E-state index contributed by atoms with van der Waals surface area (Å²) in [5, 5.41) is 3.31. The van der Waals surface area contributed by atoms with E-state index in [1.165, 1.54) is 13.8 Å². The molecule has 0 aliphatic carbocycles. The summed E-state index contributed by atoms with van der Waals surface area (Å²) in [5.74, 6) is 0.321. The molecule has 112 valence electrons. The number of nitrogens with one attached hydrogen (secondary N) is 1. The molecule has 1 aliphatic rings. The minimum Gasteiger partial charge on any atom is -0.344 e. The Bertz CT molecular complexity index is 412. The lowest BCUT2D eigenvalue weighted by atomic mass is 9.94. The molecule has 1 rings (SSSR count). The van der Waals surface area contributed by atoms with Gasteiger partial charge in [0.2, 0.25) is 5.91 Å². The number of hydrogen-bond acceptors (Lipinski definition) is 4. The predicted molar refractivity (Wildman–Crippen MR) is 76.8 cm³/mol. The van der Waals surface area contributed by atoms with Crippen LogP contribution in [0.1, 0.15) is 33.1 Å². The maximum absolute atomic E-state index is 12.2. The molecule has 0 aromatic carbocycles. The lowest BCUT2D eigenvalue weighted by molar-refractivity contribution is -0.132. The quantitative estimate of drug-likeness (QED) is 0.807. The van der Waals surface area contributed by atoms with Gasteiger partial charge >= 0.3 is 0 Å². The molecule has 1 amide bonds. The molecule has 0 saturated carbocycles. The van der Waals surface area contributed by atoms with Crippen molar-refractivity contribution in [1.82, 2.24) is 10.2 Å². The van der Waals surface area contributed by atoms with Crippen molar-refractivity contribution in [3.8, 4) is 0 Å². The van der Waals surface area contributed by atoms with Gasteiger partial charge in [0, 0.05) is 19.8 Å². The van der Waals surface area contributed by atoms with E-state index in [0.717, 1.165) is 38.6 Å². The van der Waals surface area contributed by atoms with Crippen molar-refractivity contribution < 1.29 is 13.2 Å². The second-order valence-electron chi connectivity index (χ2n) is 5.99. The molecular formula is C13H26N2O3S. The topological polar surface area (TPSA) is 66.5 Å². The highest BCUT2D eigenvalue weighted by Gasteiger charge is 2.40. The number of nitrogens with zero attached hydrogens (tertiary/aromatic N) is 1. The fourth-order valence-electron chi connectivity index (χ4n) is 2.27. The zero-order chi connectivity index (χ0) is 14.7. The third-order valence-corrected chi connectivity index (χ3v) is 6.15. The molecular weight excluding hydrogens is 264 g/mol. The van der Waals surface area contributed by atoms with Crippen LogP contribution in [-0.4, -0.2) is 56.9 Å². The van der Waals surface area contributed by atoms with Gasteiger partial charge in [0.25, 0.3) is 0 Å². The summed E-state index contributed by atoms with van der Waals surface area (Å²) in [6, 6.07) is 0. The van der Waals surface area contributed by atoms with Gasteiger partial charge in [-0.2, -0.15) is 0 Å². The van der Waals surface area contributed by atoms with Crippen LogP contribution in [0.25, 0.3) is 0 Å². The van der Waals surface area contributed by atoms with Crippen LogP contribution < -0.4 is 5.32 Å². The molecule has 0 spiro atoms. The first-order valence-electron chi connectivity index (χ1n) is 6.82. The Morgan fingerprint density at radius 3 is 2.32 bits per heavy atom. The summed E-state index contributed by atoms with van der Waals surface area (Å²) in [4.78, 5) is 13.8. The second-order valence-corrected chi connectivity index (χ2v) is 8.56. The van der Waals surface area contributed by atoms with Gasteiger partial charge in [-0.05, 0) is 52.1 Å². The first-order valence-corrected chi connectivity index (χ1v) is 8.71. The molecule has 0 atom stereocenters. The van der Waals surface area contributed by atoms with Gasteiger partial charge in [-0.3, -0.25) is 4.79 Å². The largest absolute Gasteiger partial charge is 0.344 e. The molecule has 1 aliphatic heterocycles. The summed E-state index contributed by atoms with van der Waals surface area (Å²) in [6.45, 7) is 5.66. The van der Waals surface area contributed by atoms with Crippen molar-refractivity contribution >= 4 is 15.7 Å². The summed E-state index contributed by atoms with van der Waals surface area (Å²) >= 11 is 0. The summed E-state index contributed by atoms with van der Waals surface area (Å²) < 4.78 is 22.0. The minimum atomic E-state index is -3.39. The van der Waals surface area contributed by atoms with Crippen molar-refractivity contribution in [2.24, 2.45) is 5.92 Å². The van der Waals surface area contributed by atoms with E-state index in [0.29, 0.717) is 12.5 Å². The van der Waals surface area contributed by atoms with Crippen LogP contribution in [-0.2, 0) is 14.6 Å². The number of hydrogen-bond donors (Lipinski definition) is 1. The molecule has 1 saturated heterocycles. The number of amides is 1. The highest BCUT2D eigenvalue weighted by atomic mass is 32.2. The first kappa shape index (κ1) is 16.4. The highest BCUT2D eigenvalue weighted by molar-refractivity contribution is 7.92. The van der Waals surface area contributed by atoms with E-state index in [4.69, 9.17) is 0 Å². The van der Waals surface area contributed by atoms with Crippen molar-refractivity contribution in [3.63, 3.8) is 0 Å². The van der Waals surface area contributed by atoms with Crippen LogP contribution in [0, 0.1) is 5.92 Å². The Kier molecular flexibility index (Phi) is 5.38. The van der Waals surface area contributed by atoms with Crippen LogP contribution in [0.2, 0.25) is 0 Å². The fraction of sp³-hybridized carbons (Fsp3) is 0.923. The number of sulfone groups is 1. The first-order chi connectivity index (χ1) is 8.66. The summed E-state index contributed by atoms with van der Waals surface area (Å²) in [7, 11) is -1.70. The van der Waals surface area contributed by atoms with E-state index in [1.54, 1.807) is 11.9 Å². The Morgan fingerprint density at radius 1 is 1.32 bits per heavy atom. The van der Waals surface area contributed by atoms with Crippen molar-refractivity contribution in [1.29, 1.82) is 0 Å². The minimum absolute atomic E-state index is 0.316. The van der Waals surface area contributed by atoms with E-state index in [9.17, 15) is 13.2 Å². The maximum Gasteiger partial charge on any atom is 0.243 e. The number of piperidine rings is 1. The molecule has 19 heavy (non-hydrogen) atoms. The normalized spacial score (nSPS) is 18.3. The molecule has 6 heteroatoms. The SMILES string of the molecule is CN(CCC1CCNCC1)C(=O)C(C)(C)S(C)(=O)=O. The maximum atomic E-state index is 12.2. The lowest BCUT2D eigenvalue weighted by Gasteiger charge is -2.30. The van der Waals surface area contributed by atoms with Gasteiger partial charge in [0.15, 0.2) is 9.84 Å².